The highest BCUT2D eigenvalue weighted by atomic mass is 16.5. The minimum Gasteiger partial charge on any atom is -0.465 e. The summed E-state index contributed by atoms with van der Waals surface area (Å²) in [5.41, 5.74) is 0. The maximum Gasteiger partial charge on any atom is 0.308 e. The van der Waals surface area contributed by atoms with Gasteiger partial charge in [-0.25, -0.2) is 0 Å². The van der Waals surface area contributed by atoms with E-state index in [0.717, 1.165) is 6.42 Å². The van der Waals surface area contributed by atoms with E-state index in [1.54, 1.807) is 0 Å². The molecule has 0 aromatic rings. The van der Waals surface area contributed by atoms with Gasteiger partial charge < -0.3 is 4.74 Å². The summed E-state index contributed by atoms with van der Waals surface area (Å²) in [6.45, 7) is 9.56. The molecule has 222 valence electrons. The van der Waals surface area contributed by atoms with Crippen LogP contribution in [0.5, 0.6) is 0 Å². The normalized spacial score (nSPS) is 13.1. The van der Waals surface area contributed by atoms with E-state index >= 15 is 0 Å². The lowest BCUT2D eigenvalue weighted by Gasteiger charge is -2.18. The van der Waals surface area contributed by atoms with Gasteiger partial charge in [0.2, 0.25) is 0 Å². The first-order valence-electron chi connectivity index (χ1n) is 17.3. The standard InChI is InChI=1S/C35H70O2/c1-5-8-11-13-15-17-19-20-22-24-26-28-31-34(30-10-7-3)32-37-35(36)33(4)29-27-25-23-21-18-16-14-12-9-6-2/h33-34H,5-32H2,1-4H3. The van der Waals surface area contributed by atoms with Crippen LogP contribution in [0.4, 0.5) is 0 Å². The van der Waals surface area contributed by atoms with E-state index in [1.807, 2.05) is 0 Å². The first-order chi connectivity index (χ1) is 18.2. The predicted molar refractivity (Wildman–Crippen MR) is 165 cm³/mol. The molecule has 0 rings (SSSR count). The maximum atomic E-state index is 12.6. The summed E-state index contributed by atoms with van der Waals surface area (Å²) in [4.78, 5) is 12.6. The molecule has 0 aromatic heterocycles. The first-order valence-corrected chi connectivity index (χ1v) is 17.3. The third-order valence-electron chi connectivity index (χ3n) is 8.29. The van der Waals surface area contributed by atoms with Crippen LogP contribution in [0.1, 0.15) is 201 Å². The Bertz CT molecular complexity index is 447. The summed E-state index contributed by atoms with van der Waals surface area (Å²) in [6.07, 6.45) is 36.2. The molecule has 2 heteroatoms. The molecular formula is C35H70O2. The van der Waals surface area contributed by atoms with Crippen molar-refractivity contribution >= 4 is 5.97 Å². The maximum absolute atomic E-state index is 12.6. The zero-order valence-electron chi connectivity index (χ0n) is 26.3. The second-order valence-electron chi connectivity index (χ2n) is 12.2. The van der Waals surface area contributed by atoms with Crippen molar-refractivity contribution in [3.63, 3.8) is 0 Å². The Morgan fingerprint density at radius 3 is 1.19 bits per heavy atom. The second-order valence-corrected chi connectivity index (χ2v) is 12.2. The Morgan fingerprint density at radius 2 is 0.784 bits per heavy atom. The van der Waals surface area contributed by atoms with Crippen LogP contribution in [-0.2, 0) is 9.53 Å². The van der Waals surface area contributed by atoms with Gasteiger partial charge in [0.1, 0.15) is 0 Å². The molecule has 2 atom stereocenters. The smallest absolute Gasteiger partial charge is 0.308 e. The second kappa shape index (κ2) is 30.0. The molecule has 37 heavy (non-hydrogen) atoms. The van der Waals surface area contributed by atoms with Gasteiger partial charge in [0.25, 0.3) is 0 Å². The molecule has 2 nitrogen and oxygen atoms in total. The number of hydrogen-bond acceptors (Lipinski definition) is 2. The van der Waals surface area contributed by atoms with E-state index < -0.39 is 0 Å². The van der Waals surface area contributed by atoms with Crippen LogP contribution in [0, 0.1) is 11.8 Å². The van der Waals surface area contributed by atoms with Crippen LogP contribution in [-0.4, -0.2) is 12.6 Å². The number of ether oxygens (including phenoxy) is 1. The molecule has 0 saturated carbocycles. The Hall–Kier alpha value is -0.530. The molecule has 0 heterocycles. The molecule has 0 amide bonds. The lowest BCUT2D eigenvalue weighted by Crippen LogP contribution is -2.19. The Balaban J connectivity index is 3.78. The molecule has 0 radical (unpaired) electrons. The molecule has 0 bridgehead atoms. The van der Waals surface area contributed by atoms with E-state index in [1.165, 1.54) is 167 Å². The monoisotopic (exact) mass is 523 g/mol. The largest absolute Gasteiger partial charge is 0.465 e. The van der Waals surface area contributed by atoms with Crippen LogP contribution in [0.15, 0.2) is 0 Å². The van der Waals surface area contributed by atoms with E-state index in [2.05, 4.69) is 27.7 Å². The highest BCUT2D eigenvalue weighted by Crippen LogP contribution is 2.20. The van der Waals surface area contributed by atoms with Crippen molar-refractivity contribution in [3.8, 4) is 0 Å². The van der Waals surface area contributed by atoms with Gasteiger partial charge >= 0.3 is 5.97 Å². The number of carbonyl (C=O) groups is 1. The highest BCUT2D eigenvalue weighted by molar-refractivity contribution is 5.71. The Labute approximate surface area is 234 Å². The lowest BCUT2D eigenvalue weighted by molar-refractivity contribution is -0.149. The topological polar surface area (TPSA) is 26.3 Å². The first kappa shape index (κ1) is 36.5. The fraction of sp³-hybridized carbons (Fsp3) is 0.971. The summed E-state index contributed by atoms with van der Waals surface area (Å²) in [7, 11) is 0. The average molecular weight is 523 g/mol. The van der Waals surface area contributed by atoms with Gasteiger partial charge in [-0.2, -0.15) is 0 Å². The molecule has 0 saturated heterocycles. The van der Waals surface area contributed by atoms with Crippen LogP contribution in [0.2, 0.25) is 0 Å². The number of unbranched alkanes of at least 4 members (excludes halogenated alkanes) is 21. The van der Waals surface area contributed by atoms with E-state index in [4.69, 9.17) is 4.74 Å². The average Bonchev–Trinajstić information content (AvgIpc) is 2.91. The van der Waals surface area contributed by atoms with E-state index in [0.29, 0.717) is 12.5 Å². The van der Waals surface area contributed by atoms with Gasteiger partial charge in [-0.3, -0.25) is 4.79 Å². The van der Waals surface area contributed by atoms with Crippen LogP contribution in [0.25, 0.3) is 0 Å². The fourth-order valence-electron chi connectivity index (χ4n) is 5.48. The highest BCUT2D eigenvalue weighted by Gasteiger charge is 2.17. The van der Waals surface area contributed by atoms with Crippen LogP contribution in [0.3, 0.4) is 0 Å². The van der Waals surface area contributed by atoms with Crippen molar-refractivity contribution in [1.82, 2.24) is 0 Å². The van der Waals surface area contributed by atoms with Crippen molar-refractivity contribution in [2.45, 2.75) is 201 Å². The number of esters is 1. The minimum atomic E-state index is 0.0483. The lowest BCUT2D eigenvalue weighted by atomic mass is 9.95. The zero-order valence-corrected chi connectivity index (χ0v) is 26.3. The molecule has 0 spiro atoms. The summed E-state index contributed by atoms with van der Waals surface area (Å²) in [5, 5.41) is 0. The number of hydrogen-bond donors (Lipinski definition) is 0. The summed E-state index contributed by atoms with van der Waals surface area (Å²) >= 11 is 0. The Morgan fingerprint density at radius 1 is 0.459 bits per heavy atom. The van der Waals surface area contributed by atoms with Crippen molar-refractivity contribution in [2.24, 2.45) is 11.8 Å². The summed E-state index contributed by atoms with van der Waals surface area (Å²) < 4.78 is 5.82. The molecular weight excluding hydrogens is 452 g/mol. The molecule has 0 fully saturated rings. The quantitative estimate of drug-likeness (QED) is 0.0692. The molecule has 0 aliphatic rings. The summed E-state index contributed by atoms with van der Waals surface area (Å²) in [6, 6.07) is 0. The predicted octanol–water partition coefficient (Wildman–Crippen LogP) is 12.4. The molecule has 0 aliphatic heterocycles. The SMILES string of the molecule is CCCCCCCCCCCCCCC(CCCC)COC(=O)C(C)CCCCCCCCCCCC. The molecule has 0 N–H and O–H groups in total. The minimum absolute atomic E-state index is 0.0483. The fourth-order valence-corrected chi connectivity index (χ4v) is 5.48. The zero-order chi connectivity index (χ0) is 27.2. The van der Waals surface area contributed by atoms with E-state index in [9.17, 15) is 4.79 Å². The Kier molecular flexibility index (Phi) is 29.6. The van der Waals surface area contributed by atoms with Crippen molar-refractivity contribution in [3.05, 3.63) is 0 Å². The van der Waals surface area contributed by atoms with Gasteiger partial charge in [-0.1, -0.05) is 182 Å². The van der Waals surface area contributed by atoms with Crippen LogP contribution < -0.4 is 0 Å². The third-order valence-corrected chi connectivity index (χ3v) is 8.29. The van der Waals surface area contributed by atoms with Crippen LogP contribution >= 0.6 is 0 Å². The molecule has 0 aliphatic carbocycles. The van der Waals surface area contributed by atoms with Gasteiger partial charge in [0.05, 0.1) is 12.5 Å². The van der Waals surface area contributed by atoms with Gasteiger partial charge in [0, 0.05) is 0 Å². The summed E-state index contributed by atoms with van der Waals surface area (Å²) in [5.74, 6) is 0.677. The van der Waals surface area contributed by atoms with Gasteiger partial charge in [-0.05, 0) is 25.2 Å². The van der Waals surface area contributed by atoms with Crippen molar-refractivity contribution < 1.29 is 9.53 Å². The molecule has 2 unspecified atom stereocenters. The number of carbonyl (C=O) groups excluding carboxylic acids is 1. The number of rotatable bonds is 30. The van der Waals surface area contributed by atoms with E-state index in [-0.39, 0.29) is 11.9 Å². The van der Waals surface area contributed by atoms with Crippen molar-refractivity contribution in [1.29, 1.82) is 0 Å². The third kappa shape index (κ3) is 26.8. The van der Waals surface area contributed by atoms with Gasteiger partial charge in [0.15, 0.2) is 0 Å². The molecule has 0 aromatic carbocycles. The van der Waals surface area contributed by atoms with Gasteiger partial charge in [-0.15, -0.1) is 0 Å². The van der Waals surface area contributed by atoms with Crippen molar-refractivity contribution in [2.75, 3.05) is 6.61 Å².